The van der Waals surface area contributed by atoms with Crippen LogP contribution in [0, 0.1) is 0 Å². The first-order valence-electron chi connectivity index (χ1n) is 5.29. The summed E-state index contributed by atoms with van der Waals surface area (Å²) in [6.45, 7) is 3.35. The highest BCUT2D eigenvalue weighted by Gasteiger charge is 2.09. The van der Waals surface area contributed by atoms with Crippen LogP contribution in [0.1, 0.15) is 0 Å². The first-order chi connectivity index (χ1) is 8.65. The maximum absolute atomic E-state index is 11.2. The van der Waals surface area contributed by atoms with Gasteiger partial charge in [0.25, 0.3) is 0 Å². The number of fused-ring (bicyclic) bond motifs is 1. The number of rotatable bonds is 3. The molecule has 0 saturated heterocycles. The van der Waals surface area contributed by atoms with Gasteiger partial charge in [-0.3, -0.25) is 0 Å². The van der Waals surface area contributed by atoms with Gasteiger partial charge in [-0.25, -0.2) is 4.79 Å². The maximum atomic E-state index is 11.2. The molecular weight excluding hydrogens is 232 g/mol. The van der Waals surface area contributed by atoms with Gasteiger partial charge in [-0.2, -0.15) is 0 Å². The third-order valence-electron chi connectivity index (χ3n) is 2.52. The van der Waals surface area contributed by atoms with Crippen molar-refractivity contribution in [2.45, 2.75) is 0 Å². The average molecular weight is 244 g/mol. The van der Waals surface area contributed by atoms with E-state index in [1.165, 1.54) is 7.11 Å². The van der Waals surface area contributed by atoms with Gasteiger partial charge in [-0.05, 0) is 23.6 Å². The van der Waals surface area contributed by atoms with E-state index in [2.05, 4.69) is 6.58 Å². The molecule has 0 aliphatic rings. The second-order valence-electron chi connectivity index (χ2n) is 3.63. The molecule has 4 heteroatoms. The first-order valence-corrected chi connectivity index (χ1v) is 5.29. The average Bonchev–Trinajstić information content (AvgIpc) is 2.38. The topological polar surface area (TPSA) is 55.8 Å². The molecule has 0 aliphatic heterocycles. The second kappa shape index (κ2) is 4.79. The lowest BCUT2D eigenvalue weighted by Crippen LogP contribution is -2.03. The van der Waals surface area contributed by atoms with E-state index in [0.717, 1.165) is 11.5 Å². The van der Waals surface area contributed by atoms with Crippen LogP contribution in [0.5, 0.6) is 17.2 Å². The molecule has 0 amide bonds. The Kier molecular flexibility index (Phi) is 3.19. The summed E-state index contributed by atoms with van der Waals surface area (Å²) in [5, 5.41) is 11.1. The third kappa shape index (κ3) is 2.13. The highest BCUT2D eigenvalue weighted by Crippen LogP contribution is 2.35. The van der Waals surface area contributed by atoms with E-state index in [4.69, 9.17) is 9.47 Å². The van der Waals surface area contributed by atoms with E-state index in [-0.39, 0.29) is 5.75 Å². The Hall–Kier alpha value is -2.49. The molecule has 0 saturated carbocycles. The van der Waals surface area contributed by atoms with Crippen molar-refractivity contribution < 1.29 is 19.4 Å². The van der Waals surface area contributed by atoms with E-state index in [1.807, 2.05) is 0 Å². The molecule has 0 aromatic heterocycles. The number of carbonyl (C=O) groups excluding carboxylic acids is 1. The van der Waals surface area contributed by atoms with Crippen LogP contribution in [0.4, 0.5) is 0 Å². The number of esters is 1. The first kappa shape index (κ1) is 12.0. The van der Waals surface area contributed by atoms with Crippen molar-refractivity contribution in [1.82, 2.24) is 0 Å². The van der Waals surface area contributed by atoms with Crippen molar-refractivity contribution in [2.75, 3.05) is 7.11 Å². The largest absolute Gasteiger partial charge is 0.504 e. The number of hydrogen-bond acceptors (Lipinski definition) is 4. The highest BCUT2D eigenvalue weighted by molar-refractivity contribution is 5.94. The number of carbonyl (C=O) groups is 1. The van der Waals surface area contributed by atoms with Crippen molar-refractivity contribution in [3.8, 4) is 17.2 Å². The Morgan fingerprint density at radius 1 is 1.33 bits per heavy atom. The van der Waals surface area contributed by atoms with Crippen LogP contribution in [0.15, 0.2) is 43.0 Å². The molecule has 18 heavy (non-hydrogen) atoms. The monoisotopic (exact) mass is 244 g/mol. The summed E-state index contributed by atoms with van der Waals surface area (Å²) in [5.41, 5.74) is 0. The summed E-state index contributed by atoms with van der Waals surface area (Å²) in [4.78, 5) is 11.2. The Balaban J connectivity index is 2.60. The summed E-state index contributed by atoms with van der Waals surface area (Å²) in [6, 6.07) is 8.38. The van der Waals surface area contributed by atoms with Crippen LogP contribution in [-0.4, -0.2) is 18.2 Å². The molecule has 2 aromatic rings. The summed E-state index contributed by atoms with van der Waals surface area (Å²) < 4.78 is 10.2. The molecule has 0 spiro atoms. The maximum Gasteiger partial charge on any atom is 0.335 e. The summed E-state index contributed by atoms with van der Waals surface area (Å²) in [5.74, 6) is 0.229. The molecule has 0 heterocycles. The molecule has 0 bridgehead atoms. The lowest BCUT2D eigenvalue weighted by atomic mass is 10.1. The van der Waals surface area contributed by atoms with Gasteiger partial charge in [0.05, 0.1) is 7.11 Å². The second-order valence-corrected chi connectivity index (χ2v) is 3.63. The van der Waals surface area contributed by atoms with Gasteiger partial charge in [-0.1, -0.05) is 18.7 Å². The van der Waals surface area contributed by atoms with E-state index < -0.39 is 5.97 Å². The van der Waals surface area contributed by atoms with Crippen molar-refractivity contribution in [3.05, 3.63) is 43.0 Å². The quantitative estimate of drug-likeness (QED) is 0.512. The lowest BCUT2D eigenvalue weighted by molar-refractivity contribution is -0.128. The standard InChI is InChI=1S/C14H12O4/c1-3-14(16)18-12-6-4-5-9-7-11(15)13(17-2)8-10(9)12/h3-8,15H,1H2,2H3. The molecule has 92 valence electrons. The van der Waals surface area contributed by atoms with E-state index in [9.17, 15) is 9.90 Å². The van der Waals surface area contributed by atoms with Crippen molar-refractivity contribution in [2.24, 2.45) is 0 Å². The minimum Gasteiger partial charge on any atom is -0.504 e. The van der Waals surface area contributed by atoms with E-state index in [0.29, 0.717) is 16.9 Å². The van der Waals surface area contributed by atoms with Gasteiger partial charge < -0.3 is 14.6 Å². The molecular formula is C14H12O4. The number of benzene rings is 2. The van der Waals surface area contributed by atoms with Gasteiger partial charge in [0, 0.05) is 11.5 Å². The van der Waals surface area contributed by atoms with Gasteiger partial charge in [0.2, 0.25) is 0 Å². The molecule has 4 nitrogen and oxygen atoms in total. The molecule has 0 aliphatic carbocycles. The van der Waals surface area contributed by atoms with E-state index in [1.54, 1.807) is 30.3 Å². The zero-order chi connectivity index (χ0) is 13.1. The van der Waals surface area contributed by atoms with Crippen LogP contribution < -0.4 is 9.47 Å². The number of hydrogen-bond donors (Lipinski definition) is 1. The predicted molar refractivity (Wildman–Crippen MR) is 68.0 cm³/mol. The Bertz CT molecular complexity index is 616. The summed E-state index contributed by atoms with van der Waals surface area (Å²) in [7, 11) is 1.46. The van der Waals surface area contributed by atoms with E-state index >= 15 is 0 Å². The molecule has 0 unspecified atom stereocenters. The van der Waals surface area contributed by atoms with Crippen molar-refractivity contribution in [1.29, 1.82) is 0 Å². The Morgan fingerprint density at radius 2 is 2.11 bits per heavy atom. The SMILES string of the molecule is C=CC(=O)Oc1cccc2cc(O)c(OC)cc12. The summed E-state index contributed by atoms with van der Waals surface area (Å²) in [6.07, 6.45) is 1.09. The zero-order valence-electron chi connectivity index (χ0n) is 9.84. The Morgan fingerprint density at radius 3 is 2.78 bits per heavy atom. The number of ether oxygens (including phenoxy) is 2. The normalized spacial score (nSPS) is 10.1. The van der Waals surface area contributed by atoms with Gasteiger partial charge >= 0.3 is 5.97 Å². The van der Waals surface area contributed by atoms with Crippen molar-refractivity contribution >= 4 is 16.7 Å². The van der Waals surface area contributed by atoms with Gasteiger partial charge in [-0.15, -0.1) is 0 Å². The van der Waals surface area contributed by atoms with Crippen LogP contribution in [0.3, 0.4) is 0 Å². The van der Waals surface area contributed by atoms with Gasteiger partial charge in [0.15, 0.2) is 11.5 Å². The highest BCUT2D eigenvalue weighted by atomic mass is 16.5. The molecule has 0 atom stereocenters. The van der Waals surface area contributed by atoms with Gasteiger partial charge in [0.1, 0.15) is 5.75 Å². The smallest absolute Gasteiger partial charge is 0.335 e. The zero-order valence-corrected chi connectivity index (χ0v) is 9.84. The Labute approximate surface area is 104 Å². The minimum atomic E-state index is -0.533. The summed E-state index contributed by atoms with van der Waals surface area (Å²) >= 11 is 0. The molecule has 0 radical (unpaired) electrons. The minimum absolute atomic E-state index is 0.0391. The van der Waals surface area contributed by atoms with Crippen LogP contribution in [0.25, 0.3) is 10.8 Å². The number of methoxy groups -OCH3 is 1. The fourth-order valence-corrected chi connectivity index (χ4v) is 1.67. The fraction of sp³-hybridized carbons (Fsp3) is 0.0714. The molecule has 1 N–H and O–H groups in total. The molecule has 2 aromatic carbocycles. The number of aromatic hydroxyl groups is 1. The van der Waals surface area contributed by atoms with Crippen molar-refractivity contribution in [3.63, 3.8) is 0 Å². The number of phenols is 1. The lowest BCUT2D eigenvalue weighted by Gasteiger charge is -2.09. The third-order valence-corrected chi connectivity index (χ3v) is 2.52. The molecule has 0 fully saturated rings. The number of phenolic OH excluding ortho intramolecular Hbond substituents is 1. The van der Waals surface area contributed by atoms with Crippen LogP contribution in [-0.2, 0) is 4.79 Å². The predicted octanol–water partition coefficient (Wildman–Crippen LogP) is 2.65. The van der Waals surface area contributed by atoms with Crippen LogP contribution in [0.2, 0.25) is 0 Å². The van der Waals surface area contributed by atoms with Crippen LogP contribution >= 0.6 is 0 Å². The fourth-order valence-electron chi connectivity index (χ4n) is 1.67. The molecule has 2 rings (SSSR count).